The van der Waals surface area contributed by atoms with Gasteiger partial charge < -0.3 is 10.1 Å². The van der Waals surface area contributed by atoms with Crippen molar-refractivity contribution in [1.29, 1.82) is 0 Å². The van der Waals surface area contributed by atoms with Crippen molar-refractivity contribution in [2.24, 2.45) is 5.92 Å². The highest BCUT2D eigenvalue weighted by Crippen LogP contribution is 2.20. The fourth-order valence-corrected chi connectivity index (χ4v) is 3.00. The predicted molar refractivity (Wildman–Crippen MR) is 98.6 cm³/mol. The third-order valence-electron chi connectivity index (χ3n) is 4.57. The Kier molecular flexibility index (Phi) is 6.67. The van der Waals surface area contributed by atoms with Gasteiger partial charge in [-0.2, -0.15) is 0 Å². The van der Waals surface area contributed by atoms with Crippen molar-refractivity contribution in [3.63, 3.8) is 0 Å². The summed E-state index contributed by atoms with van der Waals surface area (Å²) in [4.78, 5) is 15.0. The molecule has 1 aromatic rings. The number of likely N-dealkylation sites (tertiary alicyclic amines) is 1. The van der Waals surface area contributed by atoms with Crippen molar-refractivity contribution in [2.45, 2.75) is 52.5 Å². The van der Waals surface area contributed by atoms with E-state index in [9.17, 15) is 4.79 Å². The van der Waals surface area contributed by atoms with Crippen LogP contribution in [0.1, 0.15) is 57.3 Å². The number of ether oxygens (including phenoxy) is 1. The van der Waals surface area contributed by atoms with Crippen LogP contribution in [-0.4, -0.2) is 42.6 Å². The Bertz CT molecular complexity index is 534. The molecular formula is C20H32N2O2. The van der Waals surface area contributed by atoms with E-state index >= 15 is 0 Å². The van der Waals surface area contributed by atoms with Crippen molar-refractivity contribution >= 4 is 5.91 Å². The molecule has 1 aromatic carbocycles. The summed E-state index contributed by atoms with van der Waals surface area (Å²) in [5.41, 5.74) is 0.646. The van der Waals surface area contributed by atoms with Gasteiger partial charge in [-0.3, -0.25) is 9.69 Å². The third-order valence-corrected chi connectivity index (χ3v) is 4.57. The van der Waals surface area contributed by atoms with E-state index in [0.717, 1.165) is 18.8 Å². The largest absolute Gasteiger partial charge is 0.493 e. The quantitative estimate of drug-likeness (QED) is 0.827. The Morgan fingerprint density at radius 2 is 1.96 bits per heavy atom. The van der Waals surface area contributed by atoms with Gasteiger partial charge in [-0.25, -0.2) is 0 Å². The van der Waals surface area contributed by atoms with E-state index in [4.69, 9.17) is 4.74 Å². The van der Waals surface area contributed by atoms with Crippen LogP contribution in [-0.2, 0) is 0 Å². The molecule has 2 rings (SSSR count). The van der Waals surface area contributed by atoms with Gasteiger partial charge in [0.15, 0.2) is 0 Å². The first-order chi connectivity index (χ1) is 11.4. The van der Waals surface area contributed by atoms with Crippen molar-refractivity contribution in [2.75, 3.05) is 26.2 Å². The maximum absolute atomic E-state index is 12.5. The summed E-state index contributed by atoms with van der Waals surface area (Å²) in [5.74, 6) is 1.19. The van der Waals surface area contributed by atoms with E-state index in [1.165, 1.54) is 19.3 Å². The van der Waals surface area contributed by atoms with Crippen LogP contribution in [0.15, 0.2) is 24.3 Å². The molecule has 0 atom stereocenters. The third kappa shape index (κ3) is 5.52. The number of carbonyl (C=O) groups excluding carboxylic acids is 1. The first kappa shape index (κ1) is 18.8. The number of carbonyl (C=O) groups is 1. The number of hydrogen-bond donors (Lipinski definition) is 1. The molecule has 0 saturated carbocycles. The molecule has 0 bridgehead atoms. The fraction of sp³-hybridized carbons (Fsp3) is 0.650. The average Bonchev–Trinajstić information content (AvgIpc) is 2.59. The van der Waals surface area contributed by atoms with Crippen LogP contribution in [0.3, 0.4) is 0 Å². The number of nitrogens with one attached hydrogen (secondary N) is 1. The molecule has 1 amide bonds. The zero-order valence-corrected chi connectivity index (χ0v) is 15.6. The lowest BCUT2D eigenvalue weighted by molar-refractivity contribution is 0.0797. The minimum absolute atomic E-state index is 0.0121. The molecule has 1 saturated heterocycles. The fourth-order valence-electron chi connectivity index (χ4n) is 3.00. The summed E-state index contributed by atoms with van der Waals surface area (Å²) < 4.78 is 5.71. The lowest BCUT2D eigenvalue weighted by Gasteiger charge is -2.41. The van der Waals surface area contributed by atoms with Crippen molar-refractivity contribution < 1.29 is 9.53 Å². The highest BCUT2D eigenvalue weighted by atomic mass is 16.5. The van der Waals surface area contributed by atoms with E-state index in [1.54, 1.807) is 0 Å². The van der Waals surface area contributed by atoms with Crippen molar-refractivity contribution in [1.82, 2.24) is 10.2 Å². The van der Waals surface area contributed by atoms with E-state index < -0.39 is 0 Å². The molecule has 0 aliphatic carbocycles. The number of hydrogen-bond acceptors (Lipinski definition) is 3. The Morgan fingerprint density at radius 1 is 1.25 bits per heavy atom. The number of nitrogens with zero attached hydrogens (tertiary/aromatic N) is 1. The van der Waals surface area contributed by atoms with Gasteiger partial charge in [-0.05, 0) is 63.9 Å². The van der Waals surface area contributed by atoms with E-state index in [-0.39, 0.29) is 11.4 Å². The topological polar surface area (TPSA) is 41.6 Å². The number of benzene rings is 1. The van der Waals surface area contributed by atoms with E-state index in [2.05, 4.69) is 37.9 Å². The van der Waals surface area contributed by atoms with Crippen LogP contribution in [0.2, 0.25) is 0 Å². The molecule has 0 radical (unpaired) electrons. The van der Waals surface area contributed by atoms with E-state index in [1.807, 2.05) is 24.3 Å². The second-order valence-electron chi connectivity index (χ2n) is 7.78. The number of piperidine rings is 1. The second kappa shape index (κ2) is 8.52. The van der Waals surface area contributed by atoms with Crippen LogP contribution in [0.4, 0.5) is 0 Å². The molecular weight excluding hydrogens is 300 g/mol. The molecule has 134 valence electrons. The highest BCUT2D eigenvalue weighted by Gasteiger charge is 2.28. The first-order valence-electron chi connectivity index (χ1n) is 9.14. The van der Waals surface area contributed by atoms with Crippen LogP contribution in [0.5, 0.6) is 5.75 Å². The monoisotopic (exact) mass is 332 g/mol. The molecule has 0 aromatic heterocycles. The SMILES string of the molecule is CC(C)COc1cccc(C(=O)NCC(C)(C)N2CCCCC2)c1. The molecule has 1 heterocycles. The summed E-state index contributed by atoms with van der Waals surface area (Å²) in [5, 5.41) is 3.09. The average molecular weight is 332 g/mol. The van der Waals surface area contributed by atoms with Crippen LogP contribution in [0.25, 0.3) is 0 Å². The van der Waals surface area contributed by atoms with E-state index in [0.29, 0.717) is 24.6 Å². The minimum atomic E-state index is -0.0323. The molecule has 1 aliphatic rings. The first-order valence-corrected chi connectivity index (χ1v) is 9.14. The van der Waals surface area contributed by atoms with Gasteiger partial charge in [-0.15, -0.1) is 0 Å². The van der Waals surface area contributed by atoms with Crippen LogP contribution < -0.4 is 10.1 Å². The zero-order valence-electron chi connectivity index (χ0n) is 15.6. The predicted octanol–water partition coefficient (Wildman–Crippen LogP) is 3.72. The van der Waals surface area contributed by atoms with Crippen molar-refractivity contribution in [3.05, 3.63) is 29.8 Å². The van der Waals surface area contributed by atoms with Crippen LogP contribution >= 0.6 is 0 Å². The summed E-state index contributed by atoms with van der Waals surface area (Å²) in [6, 6.07) is 7.44. The zero-order chi connectivity index (χ0) is 17.6. The van der Waals surface area contributed by atoms with Gasteiger partial charge in [0.1, 0.15) is 5.75 Å². The molecule has 24 heavy (non-hydrogen) atoms. The summed E-state index contributed by atoms with van der Waals surface area (Å²) in [6.45, 7) is 12.2. The normalized spacial score (nSPS) is 16.2. The molecule has 4 nitrogen and oxygen atoms in total. The second-order valence-corrected chi connectivity index (χ2v) is 7.78. The molecule has 1 aliphatic heterocycles. The molecule has 1 N–H and O–H groups in total. The smallest absolute Gasteiger partial charge is 0.251 e. The Balaban J connectivity index is 1.90. The van der Waals surface area contributed by atoms with Gasteiger partial charge in [0.25, 0.3) is 5.91 Å². The maximum atomic E-state index is 12.5. The number of amides is 1. The minimum Gasteiger partial charge on any atom is -0.493 e. The Hall–Kier alpha value is -1.55. The Morgan fingerprint density at radius 3 is 2.62 bits per heavy atom. The number of rotatable bonds is 7. The van der Waals surface area contributed by atoms with Crippen molar-refractivity contribution in [3.8, 4) is 5.75 Å². The Labute approximate surface area is 146 Å². The highest BCUT2D eigenvalue weighted by molar-refractivity contribution is 5.94. The lowest BCUT2D eigenvalue weighted by atomic mass is 9.98. The molecule has 0 spiro atoms. The maximum Gasteiger partial charge on any atom is 0.251 e. The van der Waals surface area contributed by atoms with Crippen LogP contribution in [0, 0.1) is 5.92 Å². The summed E-state index contributed by atoms with van der Waals surface area (Å²) in [6.07, 6.45) is 3.83. The van der Waals surface area contributed by atoms with Gasteiger partial charge in [0.2, 0.25) is 0 Å². The van der Waals surface area contributed by atoms with Gasteiger partial charge in [0, 0.05) is 17.6 Å². The standard InChI is InChI=1S/C20H32N2O2/c1-16(2)14-24-18-10-8-9-17(13-18)19(23)21-15-20(3,4)22-11-6-5-7-12-22/h8-10,13,16H,5-7,11-12,14-15H2,1-4H3,(H,21,23). The van der Waals surface area contributed by atoms with Gasteiger partial charge >= 0.3 is 0 Å². The summed E-state index contributed by atoms with van der Waals surface area (Å²) >= 11 is 0. The molecule has 4 heteroatoms. The van der Waals surface area contributed by atoms with Gasteiger partial charge in [-0.1, -0.05) is 26.3 Å². The summed E-state index contributed by atoms with van der Waals surface area (Å²) in [7, 11) is 0. The lowest BCUT2D eigenvalue weighted by Crippen LogP contribution is -2.53. The van der Waals surface area contributed by atoms with Gasteiger partial charge in [0.05, 0.1) is 6.61 Å². The molecule has 1 fully saturated rings. The molecule has 0 unspecified atom stereocenters.